The molecular formula is C29H26N2O5S. The van der Waals surface area contributed by atoms with Crippen molar-refractivity contribution in [2.45, 2.75) is 26.8 Å². The standard InChI is InChI=1S/C29H26N2O5S/c1-5-36-23-14-18(10-12-21(23)33)15-24-28(34)31-27(25(17(3)32)16(2)30-29(31)37-24)26-20-9-7-6-8-19(20)11-13-22(26)35-4/h6-15,27,33H,5H2,1-4H3/b24-15-/t27-/m0/s1. The van der Waals surface area contributed by atoms with Crippen molar-refractivity contribution in [2.24, 2.45) is 4.99 Å². The second-order valence-corrected chi connectivity index (χ2v) is 9.71. The number of carbonyl (C=O) groups is 1. The molecule has 1 aromatic heterocycles. The van der Waals surface area contributed by atoms with Crippen molar-refractivity contribution in [1.82, 2.24) is 4.57 Å². The fourth-order valence-electron chi connectivity index (χ4n) is 4.82. The summed E-state index contributed by atoms with van der Waals surface area (Å²) >= 11 is 1.25. The largest absolute Gasteiger partial charge is 0.504 e. The maximum atomic E-state index is 13.9. The van der Waals surface area contributed by atoms with Gasteiger partial charge >= 0.3 is 0 Å². The molecule has 0 aliphatic carbocycles. The monoisotopic (exact) mass is 514 g/mol. The van der Waals surface area contributed by atoms with Crippen molar-refractivity contribution >= 4 is 34.0 Å². The van der Waals surface area contributed by atoms with Crippen molar-refractivity contribution in [1.29, 1.82) is 0 Å². The maximum Gasteiger partial charge on any atom is 0.271 e. The third-order valence-electron chi connectivity index (χ3n) is 6.41. The van der Waals surface area contributed by atoms with Crippen LogP contribution in [0.5, 0.6) is 17.2 Å². The first-order valence-electron chi connectivity index (χ1n) is 11.9. The van der Waals surface area contributed by atoms with Crippen LogP contribution < -0.4 is 24.4 Å². The lowest BCUT2D eigenvalue weighted by Gasteiger charge is -2.27. The average Bonchev–Trinajstić information content (AvgIpc) is 3.18. The molecule has 1 N–H and O–H groups in total. The number of phenolic OH excluding ortho intramolecular Hbond substituents is 1. The predicted octanol–water partition coefficient (Wildman–Crippen LogP) is 4.09. The molecule has 0 saturated carbocycles. The van der Waals surface area contributed by atoms with Crippen LogP contribution in [0.1, 0.15) is 37.9 Å². The van der Waals surface area contributed by atoms with Gasteiger partial charge in [-0.05, 0) is 61.4 Å². The number of Topliss-reactive ketones (excluding diaryl/α,β-unsaturated/α-hetero) is 1. The molecular weight excluding hydrogens is 488 g/mol. The first-order chi connectivity index (χ1) is 17.8. The fraction of sp³-hybridized carbons (Fsp3) is 0.207. The Morgan fingerprint density at radius 1 is 1.16 bits per heavy atom. The zero-order valence-electron chi connectivity index (χ0n) is 20.9. The number of aromatic hydroxyl groups is 1. The molecule has 4 aromatic rings. The van der Waals surface area contributed by atoms with E-state index >= 15 is 0 Å². The maximum absolute atomic E-state index is 13.9. The Balaban J connectivity index is 1.81. The number of ether oxygens (including phenoxy) is 2. The van der Waals surface area contributed by atoms with Gasteiger partial charge < -0.3 is 14.6 Å². The zero-order valence-corrected chi connectivity index (χ0v) is 21.8. The van der Waals surface area contributed by atoms with E-state index in [4.69, 9.17) is 9.47 Å². The lowest BCUT2D eigenvalue weighted by molar-refractivity contribution is -0.114. The number of hydrogen-bond acceptors (Lipinski definition) is 7. The quantitative estimate of drug-likeness (QED) is 0.419. The van der Waals surface area contributed by atoms with Gasteiger partial charge in [-0.25, -0.2) is 4.99 Å². The molecule has 0 radical (unpaired) electrons. The number of aromatic nitrogens is 1. The molecule has 0 unspecified atom stereocenters. The smallest absolute Gasteiger partial charge is 0.271 e. The molecule has 5 rings (SSSR count). The average molecular weight is 515 g/mol. The highest BCUT2D eigenvalue weighted by Crippen LogP contribution is 2.40. The molecule has 0 bridgehead atoms. The first-order valence-corrected chi connectivity index (χ1v) is 12.7. The number of nitrogens with zero attached hydrogens (tertiary/aromatic N) is 2. The molecule has 37 heavy (non-hydrogen) atoms. The highest BCUT2D eigenvalue weighted by molar-refractivity contribution is 7.07. The molecule has 0 spiro atoms. The van der Waals surface area contributed by atoms with Crippen LogP contribution >= 0.6 is 11.3 Å². The third-order valence-corrected chi connectivity index (χ3v) is 7.39. The van der Waals surface area contributed by atoms with Gasteiger partial charge in [-0.2, -0.15) is 0 Å². The number of rotatable bonds is 6. The Bertz CT molecular complexity index is 1760. The van der Waals surface area contributed by atoms with Crippen LogP contribution in [0.4, 0.5) is 0 Å². The summed E-state index contributed by atoms with van der Waals surface area (Å²) in [5.74, 6) is 0.810. The Labute approximate surface area is 217 Å². The van der Waals surface area contributed by atoms with Crippen LogP contribution in [0.2, 0.25) is 0 Å². The van der Waals surface area contributed by atoms with Gasteiger partial charge in [-0.3, -0.25) is 14.2 Å². The number of thiazole rings is 1. The lowest BCUT2D eigenvalue weighted by atomic mass is 9.89. The number of ketones is 1. The predicted molar refractivity (Wildman–Crippen MR) is 144 cm³/mol. The van der Waals surface area contributed by atoms with Crippen molar-refractivity contribution in [3.8, 4) is 17.2 Å². The van der Waals surface area contributed by atoms with Gasteiger partial charge in [0.05, 0.1) is 24.3 Å². The van der Waals surface area contributed by atoms with Gasteiger partial charge in [0.15, 0.2) is 22.1 Å². The van der Waals surface area contributed by atoms with E-state index in [9.17, 15) is 14.7 Å². The summed E-state index contributed by atoms with van der Waals surface area (Å²) < 4.78 is 13.3. The van der Waals surface area contributed by atoms with Gasteiger partial charge in [0, 0.05) is 16.8 Å². The number of benzene rings is 3. The van der Waals surface area contributed by atoms with Crippen molar-refractivity contribution in [3.63, 3.8) is 0 Å². The summed E-state index contributed by atoms with van der Waals surface area (Å²) in [6.45, 7) is 5.53. The normalized spacial score (nSPS) is 15.5. The molecule has 8 heteroatoms. The SMILES string of the molecule is CCOc1cc(/C=c2\sc3n(c2=O)[C@H](c2c(OC)ccc4ccccc24)C(C(C)=O)=C(C)N=3)ccc1O. The number of fused-ring (bicyclic) bond motifs is 2. The number of phenols is 1. The second kappa shape index (κ2) is 9.71. The van der Waals surface area contributed by atoms with E-state index in [-0.39, 0.29) is 17.1 Å². The molecule has 0 fully saturated rings. The van der Waals surface area contributed by atoms with Crippen LogP contribution in [-0.4, -0.2) is 29.2 Å². The van der Waals surface area contributed by atoms with Crippen molar-refractivity contribution in [3.05, 3.63) is 96.7 Å². The van der Waals surface area contributed by atoms with E-state index in [2.05, 4.69) is 4.99 Å². The van der Waals surface area contributed by atoms with Crippen LogP contribution in [0, 0.1) is 0 Å². The summed E-state index contributed by atoms with van der Waals surface area (Å²) in [7, 11) is 1.59. The minimum atomic E-state index is -0.698. The fourth-order valence-corrected chi connectivity index (χ4v) is 5.87. The lowest BCUT2D eigenvalue weighted by Crippen LogP contribution is -2.39. The topological polar surface area (TPSA) is 90.1 Å². The van der Waals surface area contributed by atoms with E-state index in [0.29, 0.717) is 44.3 Å². The van der Waals surface area contributed by atoms with Crippen LogP contribution in [0.15, 0.2) is 75.7 Å². The van der Waals surface area contributed by atoms with Crippen LogP contribution in [0.25, 0.3) is 16.8 Å². The number of allylic oxidation sites excluding steroid dienone is 2. The molecule has 0 amide bonds. The van der Waals surface area contributed by atoms with E-state index in [1.165, 1.54) is 24.3 Å². The summed E-state index contributed by atoms with van der Waals surface area (Å²) in [5.41, 5.74) is 2.21. The minimum absolute atomic E-state index is 0.0326. The first kappa shape index (κ1) is 24.5. The molecule has 188 valence electrons. The number of methoxy groups -OCH3 is 1. The van der Waals surface area contributed by atoms with Crippen LogP contribution in [0.3, 0.4) is 0 Å². The molecule has 3 aromatic carbocycles. The summed E-state index contributed by atoms with van der Waals surface area (Å²) in [6.07, 6.45) is 1.75. The molecule has 1 atom stereocenters. The van der Waals surface area contributed by atoms with E-state index in [1.807, 2.05) is 43.3 Å². The van der Waals surface area contributed by atoms with E-state index in [1.54, 1.807) is 36.8 Å². The summed E-state index contributed by atoms with van der Waals surface area (Å²) in [5, 5.41) is 11.9. The minimum Gasteiger partial charge on any atom is -0.504 e. The Kier molecular flexibility index (Phi) is 6.43. The molecule has 0 saturated heterocycles. The zero-order chi connectivity index (χ0) is 26.3. The number of carbonyl (C=O) groups excluding carboxylic acids is 1. The molecule has 1 aliphatic heterocycles. The van der Waals surface area contributed by atoms with E-state index < -0.39 is 6.04 Å². The van der Waals surface area contributed by atoms with Crippen molar-refractivity contribution in [2.75, 3.05) is 13.7 Å². The highest BCUT2D eigenvalue weighted by atomic mass is 32.1. The van der Waals surface area contributed by atoms with Gasteiger partial charge in [-0.15, -0.1) is 0 Å². The molecule has 1 aliphatic rings. The van der Waals surface area contributed by atoms with Crippen molar-refractivity contribution < 1.29 is 19.4 Å². The second-order valence-electron chi connectivity index (χ2n) is 8.70. The van der Waals surface area contributed by atoms with Gasteiger partial charge in [0.25, 0.3) is 5.56 Å². The molecule has 7 nitrogen and oxygen atoms in total. The Hall–Kier alpha value is -4.17. The number of hydrogen-bond donors (Lipinski definition) is 1. The van der Waals surface area contributed by atoms with Crippen LogP contribution in [-0.2, 0) is 4.79 Å². The highest BCUT2D eigenvalue weighted by Gasteiger charge is 2.33. The summed E-state index contributed by atoms with van der Waals surface area (Å²) in [6, 6.07) is 15.9. The van der Waals surface area contributed by atoms with Gasteiger partial charge in [-0.1, -0.05) is 47.7 Å². The summed E-state index contributed by atoms with van der Waals surface area (Å²) in [4.78, 5) is 32.0. The Morgan fingerprint density at radius 2 is 1.95 bits per heavy atom. The van der Waals surface area contributed by atoms with E-state index in [0.717, 1.165) is 16.3 Å². The Morgan fingerprint density at radius 3 is 2.68 bits per heavy atom. The third kappa shape index (κ3) is 4.23. The van der Waals surface area contributed by atoms with Gasteiger partial charge in [0.1, 0.15) is 5.75 Å². The molecule has 2 heterocycles. The van der Waals surface area contributed by atoms with Gasteiger partial charge in [0.2, 0.25) is 0 Å².